The maximum atomic E-state index is 12.6. The van der Waals surface area contributed by atoms with E-state index in [2.05, 4.69) is 16.9 Å². The topological polar surface area (TPSA) is 99.6 Å². The Balaban J connectivity index is 2.17. The van der Waals surface area contributed by atoms with Gasteiger partial charge >= 0.3 is 5.97 Å². The van der Waals surface area contributed by atoms with E-state index in [0.717, 1.165) is 10.3 Å². The first kappa shape index (κ1) is 19.1. The lowest BCUT2D eigenvalue weighted by Gasteiger charge is -2.24. The zero-order chi connectivity index (χ0) is 19.3. The van der Waals surface area contributed by atoms with Gasteiger partial charge in [0, 0.05) is 18.1 Å². The van der Waals surface area contributed by atoms with Crippen LogP contribution in [0.4, 0.5) is 0 Å². The first-order chi connectivity index (χ1) is 12.3. The fourth-order valence-corrected chi connectivity index (χ4v) is 2.60. The van der Waals surface area contributed by atoms with Crippen LogP contribution in [0.5, 0.6) is 0 Å². The molecule has 1 unspecified atom stereocenters. The van der Waals surface area contributed by atoms with E-state index in [9.17, 15) is 14.4 Å². The Hall–Kier alpha value is -3.22. The molecule has 2 aromatic rings. The van der Waals surface area contributed by atoms with Gasteiger partial charge in [-0.1, -0.05) is 36.4 Å². The molecule has 0 aliphatic carbocycles. The highest BCUT2D eigenvalue weighted by molar-refractivity contribution is 6.06. The maximum absolute atomic E-state index is 12.6. The summed E-state index contributed by atoms with van der Waals surface area (Å²) in [5.41, 5.74) is 0.862. The third-order valence-corrected chi connectivity index (χ3v) is 3.71. The number of pyridine rings is 1. The molecule has 1 aromatic carbocycles. The van der Waals surface area contributed by atoms with Crippen LogP contribution in [0.1, 0.15) is 24.3 Å². The van der Waals surface area contributed by atoms with Crippen LogP contribution in [0.3, 0.4) is 0 Å². The zero-order valence-corrected chi connectivity index (χ0v) is 14.7. The lowest BCUT2D eigenvalue weighted by molar-refractivity contribution is -0.144. The summed E-state index contributed by atoms with van der Waals surface area (Å²) in [6, 6.07) is 8.20. The van der Waals surface area contributed by atoms with Crippen LogP contribution in [0.25, 0.3) is 10.8 Å². The lowest BCUT2D eigenvalue weighted by atomic mass is 10.1. The molecule has 26 heavy (non-hydrogen) atoms. The molecule has 1 atom stereocenters. The van der Waals surface area contributed by atoms with E-state index < -0.39 is 30.4 Å². The van der Waals surface area contributed by atoms with Gasteiger partial charge in [-0.3, -0.25) is 19.4 Å². The zero-order valence-electron chi connectivity index (χ0n) is 14.7. The van der Waals surface area contributed by atoms with Crippen LogP contribution in [0.15, 0.2) is 48.7 Å². The Morgan fingerprint density at radius 1 is 1.23 bits per heavy atom. The molecule has 2 rings (SSSR count). The van der Waals surface area contributed by atoms with Gasteiger partial charge in [0.25, 0.3) is 5.91 Å². The highest BCUT2D eigenvalue weighted by atomic mass is 16.4. The van der Waals surface area contributed by atoms with E-state index in [1.165, 1.54) is 13.1 Å². The molecule has 0 radical (unpaired) electrons. The third-order valence-electron chi connectivity index (χ3n) is 3.71. The second kappa shape index (κ2) is 8.24. The lowest BCUT2D eigenvalue weighted by Crippen LogP contribution is -2.49. The van der Waals surface area contributed by atoms with Gasteiger partial charge in [-0.05, 0) is 25.3 Å². The van der Waals surface area contributed by atoms with E-state index in [0.29, 0.717) is 11.0 Å². The molecule has 0 saturated carbocycles. The van der Waals surface area contributed by atoms with Crippen molar-refractivity contribution in [2.24, 2.45) is 0 Å². The average Bonchev–Trinajstić information content (AvgIpc) is 2.59. The minimum absolute atomic E-state index is 0.109. The van der Waals surface area contributed by atoms with Crippen LogP contribution in [-0.2, 0) is 9.59 Å². The molecule has 0 spiro atoms. The van der Waals surface area contributed by atoms with Gasteiger partial charge in [0.2, 0.25) is 5.91 Å². The summed E-state index contributed by atoms with van der Waals surface area (Å²) in [4.78, 5) is 41.3. The third kappa shape index (κ3) is 4.66. The van der Waals surface area contributed by atoms with Crippen LogP contribution in [-0.4, -0.2) is 51.9 Å². The highest BCUT2D eigenvalue weighted by Crippen LogP contribution is 2.16. The van der Waals surface area contributed by atoms with E-state index in [1.54, 1.807) is 25.1 Å². The second-order valence-electron chi connectivity index (χ2n) is 6.12. The number of aliphatic carboxylic acids is 1. The summed E-state index contributed by atoms with van der Waals surface area (Å²) in [5.74, 6) is -2.12. The summed E-state index contributed by atoms with van der Waals surface area (Å²) in [6.45, 7) is 6.56. The number of carboxylic acids is 1. The van der Waals surface area contributed by atoms with Crippen LogP contribution >= 0.6 is 0 Å². The van der Waals surface area contributed by atoms with E-state index in [-0.39, 0.29) is 12.2 Å². The molecule has 0 aliphatic heterocycles. The van der Waals surface area contributed by atoms with Crippen molar-refractivity contribution in [2.45, 2.75) is 19.9 Å². The van der Waals surface area contributed by atoms with Crippen LogP contribution in [0, 0.1) is 0 Å². The van der Waals surface area contributed by atoms with Gasteiger partial charge in [0.1, 0.15) is 18.3 Å². The molecule has 0 saturated heterocycles. The molecule has 7 heteroatoms. The Kier molecular flexibility index (Phi) is 6.06. The summed E-state index contributed by atoms with van der Waals surface area (Å²) in [6.07, 6.45) is 1.53. The fourth-order valence-electron chi connectivity index (χ4n) is 2.60. The van der Waals surface area contributed by atoms with Gasteiger partial charge in [-0.15, -0.1) is 0 Å². The van der Waals surface area contributed by atoms with Crippen LogP contribution < -0.4 is 5.32 Å². The molecular weight excluding hydrogens is 334 g/mol. The van der Waals surface area contributed by atoms with Crippen molar-refractivity contribution < 1.29 is 19.5 Å². The normalized spacial score (nSPS) is 11.6. The average molecular weight is 355 g/mol. The van der Waals surface area contributed by atoms with Crippen LogP contribution in [0.2, 0.25) is 0 Å². The van der Waals surface area contributed by atoms with Crippen molar-refractivity contribution in [3.8, 4) is 0 Å². The first-order valence-electron chi connectivity index (χ1n) is 8.09. The Morgan fingerprint density at radius 2 is 1.92 bits per heavy atom. The molecular formula is C19H21N3O4. The Morgan fingerprint density at radius 3 is 2.58 bits per heavy atom. The quantitative estimate of drug-likeness (QED) is 0.738. The van der Waals surface area contributed by atoms with Gasteiger partial charge in [0.05, 0.1) is 0 Å². The van der Waals surface area contributed by atoms with Gasteiger partial charge in [0.15, 0.2) is 0 Å². The minimum atomic E-state index is -1.13. The number of fused-ring (bicyclic) bond motifs is 1. The predicted molar refractivity (Wildman–Crippen MR) is 97.7 cm³/mol. The molecule has 0 bridgehead atoms. The van der Waals surface area contributed by atoms with Crippen molar-refractivity contribution in [3.05, 3.63) is 54.4 Å². The summed E-state index contributed by atoms with van der Waals surface area (Å²) < 4.78 is 0. The Labute approximate surface area is 151 Å². The highest BCUT2D eigenvalue weighted by Gasteiger charge is 2.25. The first-order valence-corrected chi connectivity index (χ1v) is 8.09. The van der Waals surface area contributed by atoms with Crippen molar-refractivity contribution in [1.29, 1.82) is 0 Å². The smallest absolute Gasteiger partial charge is 0.323 e. The molecule has 2 amide bonds. The minimum Gasteiger partial charge on any atom is -0.480 e. The molecule has 1 heterocycles. The number of nitrogens with one attached hydrogen (secondary N) is 1. The molecule has 0 fully saturated rings. The molecule has 7 nitrogen and oxygen atoms in total. The molecule has 0 aliphatic rings. The van der Waals surface area contributed by atoms with E-state index in [1.807, 2.05) is 12.1 Å². The number of hydrogen-bond acceptors (Lipinski definition) is 4. The van der Waals surface area contributed by atoms with Crippen molar-refractivity contribution >= 4 is 28.6 Å². The number of carboxylic acid groups (broad SMARTS) is 1. The number of amides is 2. The van der Waals surface area contributed by atoms with E-state index >= 15 is 0 Å². The molecule has 2 N–H and O–H groups in total. The number of carbonyl (C=O) groups excluding carboxylic acids is 2. The largest absolute Gasteiger partial charge is 0.480 e. The molecule has 136 valence electrons. The SMILES string of the molecule is C=C(C)CN(CC(=O)O)C(=O)C(C)NC(=O)c1nccc2ccccc12. The number of aromatic nitrogens is 1. The van der Waals surface area contributed by atoms with Gasteiger partial charge in [-0.25, -0.2) is 0 Å². The van der Waals surface area contributed by atoms with E-state index in [4.69, 9.17) is 5.11 Å². The summed E-state index contributed by atoms with van der Waals surface area (Å²) >= 11 is 0. The number of carbonyl (C=O) groups is 3. The predicted octanol–water partition coefficient (Wildman–Crippen LogP) is 1.84. The molecule has 1 aromatic heterocycles. The maximum Gasteiger partial charge on any atom is 0.323 e. The summed E-state index contributed by atoms with van der Waals surface area (Å²) in [5, 5.41) is 13.1. The number of nitrogens with zero attached hydrogens (tertiary/aromatic N) is 2. The Bertz CT molecular complexity index is 841. The standard InChI is InChI=1S/C19H21N3O4/c1-12(2)10-22(11-16(23)24)19(26)13(3)21-18(25)17-15-7-5-4-6-14(15)8-9-20-17/h4-9,13H,1,10-11H2,2-3H3,(H,21,25)(H,23,24). The number of hydrogen-bond donors (Lipinski definition) is 2. The summed E-state index contributed by atoms with van der Waals surface area (Å²) in [7, 11) is 0. The second-order valence-corrected chi connectivity index (χ2v) is 6.12. The van der Waals surface area contributed by atoms with Crippen molar-refractivity contribution in [2.75, 3.05) is 13.1 Å². The van der Waals surface area contributed by atoms with Gasteiger partial charge in [-0.2, -0.15) is 0 Å². The number of benzene rings is 1. The fraction of sp³-hybridized carbons (Fsp3) is 0.263. The van der Waals surface area contributed by atoms with Crippen molar-refractivity contribution in [3.63, 3.8) is 0 Å². The van der Waals surface area contributed by atoms with Crippen molar-refractivity contribution in [1.82, 2.24) is 15.2 Å². The number of rotatable bonds is 7. The monoisotopic (exact) mass is 355 g/mol. The van der Waals surface area contributed by atoms with Gasteiger partial charge < -0.3 is 15.3 Å².